The van der Waals surface area contributed by atoms with Crippen molar-refractivity contribution in [1.29, 1.82) is 0 Å². The molecule has 0 aromatic carbocycles. The molecule has 2 fully saturated rings. The van der Waals surface area contributed by atoms with Gasteiger partial charge in [-0.3, -0.25) is 4.90 Å². The normalized spacial score (nSPS) is 32.5. The fraction of sp³-hybridized carbons (Fsp3) is 1.00. The van der Waals surface area contributed by atoms with Crippen LogP contribution in [0.15, 0.2) is 0 Å². The van der Waals surface area contributed by atoms with Gasteiger partial charge in [-0.25, -0.2) is 8.42 Å². The van der Waals surface area contributed by atoms with Crippen LogP contribution in [0.2, 0.25) is 0 Å². The summed E-state index contributed by atoms with van der Waals surface area (Å²) in [6.07, 6.45) is 5.07. The van der Waals surface area contributed by atoms with Crippen LogP contribution in [0.3, 0.4) is 0 Å². The standard InChI is InChI=1S/C11H22N2O2S2/c1-17(14,15)11-9-16-7-6-13(11)8-10-4-2-3-5-12-10/h10-12H,2-9H2,1H3. The van der Waals surface area contributed by atoms with E-state index < -0.39 is 9.84 Å². The van der Waals surface area contributed by atoms with E-state index in [1.165, 1.54) is 25.5 Å². The largest absolute Gasteiger partial charge is 0.313 e. The van der Waals surface area contributed by atoms with Crippen LogP contribution < -0.4 is 5.32 Å². The fourth-order valence-electron chi connectivity index (χ4n) is 2.58. The molecule has 2 atom stereocenters. The Balaban J connectivity index is 1.96. The van der Waals surface area contributed by atoms with Gasteiger partial charge in [0.1, 0.15) is 5.37 Å². The van der Waals surface area contributed by atoms with Gasteiger partial charge in [-0.15, -0.1) is 0 Å². The van der Waals surface area contributed by atoms with Crippen LogP contribution in [0.4, 0.5) is 0 Å². The van der Waals surface area contributed by atoms with E-state index in [4.69, 9.17) is 0 Å². The Morgan fingerprint density at radius 1 is 1.41 bits per heavy atom. The lowest BCUT2D eigenvalue weighted by Crippen LogP contribution is -2.52. The Kier molecular flexibility index (Phi) is 4.74. The van der Waals surface area contributed by atoms with E-state index in [-0.39, 0.29) is 5.37 Å². The van der Waals surface area contributed by atoms with Crippen molar-refractivity contribution in [3.63, 3.8) is 0 Å². The number of hydrogen-bond acceptors (Lipinski definition) is 5. The third-order valence-electron chi connectivity index (χ3n) is 3.55. The topological polar surface area (TPSA) is 49.4 Å². The molecule has 2 rings (SSSR count). The van der Waals surface area contributed by atoms with Crippen LogP contribution in [0.5, 0.6) is 0 Å². The summed E-state index contributed by atoms with van der Waals surface area (Å²) in [7, 11) is -2.95. The monoisotopic (exact) mass is 278 g/mol. The second kappa shape index (κ2) is 5.91. The molecule has 0 radical (unpaired) electrons. The molecular weight excluding hydrogens is 256 g/mol. The molecule has 100 valence electrons. The molecule has 2 saturated heterocycles. The third-order valence-corrected chi connectivity index (χ3v) is 6.24. The molecule has 2 heterocycles. The van der Waals surface area contributed by atoms with Gasteiger partial charge in [-0.05, 0) is 19.4 Å². The van der Waals surface area contributed by atoms with Crippen LogP contribution in [-0.4, -0.2) is 62.1 Å². The number of hydrogen-bond donors (Lipinski definition) is 1. The Morgan fingerprint density at radius 2 is 2.24 bits per heavy atom. The van der Waals surface area contributed by atoms with Crippen molar-refractivity contribution in [2.45, 2.75) is 30.7 Å². The van der Waals surface area contributed by atoms with Crippen LogP contribution in [-0.2, 0) is 9.84 Å². The highest BCUT2D eigenvalue weighted by molar-refractivity contribution is 8.00. The summed E-state index contributed by atoms with van der Waals surface area (Å²) >= 11 is 1.75. The maximum absolute atomic E-state index is 11.8. The number of sulfone groups is 1. The maximum Gasteiger partial charge on any atom is 0.164 e. The first-order chi connectivity index (χ1) is 8.07. The van der Waals surface area contributed by atoms with Crippen molar-refractivity contribution < 1.29 is 8.42 Å². The van der Waals surface area contributed by atoms with Crippen LogP contribution in [0.1, 0.15) is 19.3 Å². The van der Waals surface area contributed by atoms with E-state index >= 15 is 0 Å². The summed E-state index contributed by atoms with van der Waals surface area (Å²) in [6.45, 7) is 2.87. The summed E-state index contributed by atoms with van der Waals surface area (Å²) in [6, 6.07) is 0.482. The van der Waals surface area contributed by atoms with E-state index in [0.717, 1.165) is 31.1 Å². The van der Waals surface area contributed by atoms with Crippen LogP contribution in [0.25, 0.3) is 0 Å². The minimum Gasteiger partial charge on any atom is -0.313 e. The molecule has 0 amide bonds. The van der Waals surface area contributed by atoms with E-state index in [9.17, 15) is 8.42 Å². The van der Waals surface area contributed by atoms with Crippen molar-refractivity contribution >= 4 is 21.6 Å². The molecule has 2 aliphatic rings. The van der Waals surface area contributed by atoms with Crippen LogP contribution in [0, 0.1) is 0 Å². The number of nitrogens with one attached hydrogen (secondary N) is 1. The van der Waals surface area contributed by atoms with E-state index in [2.05, 4.69) is 10.2 Å². The van der Waals surface area contributed by atoms with Gasteiger partial charge < -0.3 is 5.32 Å². The van der Waals surface area contributed by atoms with Gasteiger partial charge in [0.2, 0.25) is 0 Å². The Labute approximate surface area is 108 Å². The number of nitrogens with zero attached hydrogens (tertiary/aromatic N) is 1. The Hall–Kier alpha value is 0.220. The molecule has 1 N–H and O–H groups in total. The van der Waals surface area contributed by atoms with E-state index in [1.807, 2.05) is 0 Å². The van der Waals surface area contributed by atoms with E-state index in [0.29, 0.717) is 6.04 Å². The molecule has 0 aliphatic carbocycles. The van der Waals surface area contributed by atoms with Crippen LogP contribution >= 0.6 is 11.8 Å². The summed E-state index contributed by atoms with van der Waals surface area (Å²) in [4.78, 5) is 2.16. The number of thioether (sulfide) groups is 1. The first-order valence-corrected chi connectivity index (χ1v) is 9.42. The highest BCUT2D eigenvalue weighted by Crippen LogP contribution is 2.21. The van der Waals surface area contributed by atoms with Gasteiger partial charge in [-0.2, -0.15) is 11.8 Å². The lowest BCUT2D eigenvalue weighted by Gasteiger charge is -2.37. The molecule has 17 heavy (non-hydrogen) atoms. The van der Waals surface area contributed by atoms with Gasteiger partial charge in [0.25, 0.3) is 0 Å². The van der Waals surface area contributed by atoms with Crippen molar-refractivity contribution in [1.82, 2.24) is 10.2 Å². The summed E-state index contributed by atoms with van der Waals surface area (Å²) in [5.74, 6) is 1.78. The molecule has 0 saturated carbocycles. The fourth-order valence-corrected chi connectivity index (χ4v) is 5.53. The molecule has 6 heteroatoms. The zero-order valence-corrected chi connectivity index (χ0v) is 12.0. The Bertz CT molecular complexity index is 339. The second-order valence-corrected chi connectivity index (χ2v) is 8.35. The molecule has 0 aromatic heterocycles. The lowest BCUT2D eigenvalue weighted by molar-refractivity contribution is 0.221. The summed E-state index contributed by atoms with van der Waals surface area (Å²) < 4.78 is 23.5. The van der Waals surface area contributed by atoms with Crippen molar-refractivity contribution in [2.24, 2.45) is 0 Å². The SMILES string of the molecule is CS(=O)(=O)C1CSCCN1CC1CCCCN1. The molecule has 2 aliphatic heterocycles. The molecule has 2 unspecified atom stereocenters. The predicted molar refractivity (Wildman–Crippen MR) is 73.2 cm³/mol. The molecule has 0 bridgehead atoms. The third kappa shape index (κ3) is 3.84. The molecule has 0 spiro atoms. The Morgan fingerprint density at radius 3 is 2.88 bits per heavy atom. The minimum absolute atomic E-state index is 0.273. The zero-order valence-electron chi connectivity index (χ0n) is 10.4. The number of rotatable bonds is 3. The van der Waals surface area contributed by atoms with Gasteiger partial charge in [0.05, 0.1) is 0 Å². The quantitative estimate of drug-likeness (QED) is 0.817. The average molecular weight is 278 g/mol. The highest BCUT2D eigenvalue weighted by Gasteiger charge is 2.32. The summed E-state index contributed by atoms with van der Waals surface area (Å²) in [5, 5.41) is 3.22. The van der Waals surface area contributed by atoms with E-state index in [1.54, 1.807) is 11.8 Å². The van der Waals surface area contributed by atoms with Crippen molar-refractivity contribution in [3.8, 4) is 0 Å². The molecule has 4 nitrogen and oxygen atoms in total. The van der Waals surface area contributed by atoms with Gasteiger partial charge in [-0.1, -0.05) is 6.42 Å². The van der Waals surface area contributed by atoms with Crippen molar-refractivity contribution in [3.05, 3.63) is 0 Å². The highest BCUT2D eigenvalue weighted by atomic mass is 32.2. The summed E-state index contributed by atoms with van der Waals surface area (Å²) in [5.41, 5.74) is 0. The first-order valence-electron chi connectivity index (χ1n) is 6.31. The average Bonchev–Trinajstić information content (AvgIpc) is 2.30. The molecular formula is C11H22N2O2S2. The first kappa shape index (κ1) is 13.6. The van der Waals surface area contributed by atoms with Gasteiger partial charge in [0, 0.05) is 36.9 Å². The minimum atomic E-state index is -2.95. The number of piperidine rings is 1. The smallest absolute Gasteiger partial charge is 0.164 e. The van der Waals surface area contributed by atoms with Gasteiger partial charge >= 0.3 is 0 Å². The second-order valence-electron chi connectivity index (χ2n) is 5.00. The zero-order chi connectivity index (χ0) is 12.3. The predicted octanol–water partition coefficient (Wildman–Crippen LogP) is 0.548. The molecule has 0 aromatic rings. The lowest BCUT2D eigenvalue weighted by atomic mass is 10.0. The van der Waals surface area contributed by atoms with Gasteiger partial charge in [0.15, 0.2) is 9.84 Å². The maximum atomic E-state index is 11.8. The van der Waals surface area contributed by atoms with Crippen molar-refractivity contribution in [2.75, 3.05) is 37.4 Å².